The summed E-state index contributed by atoms with van der Waals surface area (Å²) >= 11 is 0. The molecule has 3 rings (SSSR count). The second-order valence-corrected chi connectivity index (χ2v) is 7.20. The number of benzene rings is 2. The zero-order valence-corrected chi connectivity index (χ0v) is 17.8. The number of rotatable bonds is 9. The molecule has 3 aromatic rings. The SMILES string of the molecule is CCO[C@@H](Cc1ccc(OCc2nc(-c3ccccc3C)oc2C)cc1C)C(=O)O. The maximum Gasteiger partial charge on any atom is 0.333 e. The number of carboxylic acids is 1. The zero-order valence-electron chi connectivity index (χ0n) is 17.8. The van der Waals surface area contributed by atoms with Crippen molar-refractivity contribution in [1.29, 1.82) is 0 Å². The van der Waals surface area contributed by atoms with Crippen LogP contribution in [0.5, 0.6) is 5.75 Å². The van der Waals surface area contributed by atoms with E-state index in [0.717, 1.165) is 33.7 Å². The maximum absolute atomic E-state index is 11.3. The van der Waals surface area contributed by atoms with Gasteiger partial charge in [-0.2, -0.15) is 0 Å². The molecule has 0 aliphatic carbocycles. The second-order valence-electron chi connectivity index (χ2n) is 7.20. The Labute approximate surface area is 176 Å². The molecular weight excluding hydrogens is 382 g/mol. The topological polar surface area (TPSA) is 81.8 Å². The van der Waals surface area contributed by atoms with E-state index < -0.39 is 12.1 Å². The summed E-state index contributed by atoms with van der Waals surface area (Å²) < 4.78 is 17.1. The van der Waals surface area contributed by atoms with Gasteiger partial charge in [-0.25, -0.2) is 9.78 Å². The first-order valence-electron chi connectivity index (χ1n) is 9.98. The van der Waals surface area contributed by atoms with Gasteiger partial charge in [-0.1, -0.05) is 24.3 Å². The van der Waals surface area contributed by atoms with E-state index in [1.165, 1.54) is 0 Å². The van der Waals surface area contributed by atoms with Gasteiger partial charge in [0.15, 0.2) is 6.10 Å². The molecule has 6 heteroatoms. The van der Waals surface area contributed by atoms with Crippen molar-refractivity contribution in [2.45, 2.75) is 46.8 Å². The Morgan fingerprint density at radius 3 is 2.57 bits per heavy atom. The lowest BCUT2D eigenvalue weighted by molar-refractivity contribution is -0.149. The normalized spacial score (nSPS) is 12.0. The number of hydrogen-bond acceptors (Lipinski definition) is 5. The molecule has 1 heterocycles. The van der Waals surface area contributed by atoms with Crippen molar-refractivity contribution in [1.82, 2.24) is 4.98 Å². The van der Waals surface area contributed by atoms with Gasteiger partial charge in [0.2, 0.25) is 5.89 Å². The molecule has 158 valence electrons. The standard InChI is InChI=1S/C24H27NO5/c1-5-28-22(24(26)27)13-18-10-11-19(12-16(18)3)29-14-21-17(4)30-23(25-21)20-9-7-6-8-15(20)2/h6-12,22H,5,13-14H2,1-4H3,(H,26,27)/t22-/m0/s1. The Kier molecular flexibility index (Phi) is 6.90. The molecule has 1 N–H and O–H groups in total. The summed E-state index contributed by atoms with van der Waals surface area (Å²) in [5.74, 6) is 1.05. The minimum Gasteiger partial charge on any atom is -0.487 e. The number of aryl methyl sites for hydroxylation is 3. The Hall–Kier alpha value is -3.12. The van der Waals surface area contributed by atoms with E-state index in [-0.39, 0.29) is 6.61 Å². The van der Waals surface area contributed by atoms with Crippen molar-refractivity contribution >= 4 is 5.97 Å². The molecule has 0 aliphatic rings. The van der Waals surface area contributed by atoms with Crippen molar-refractivity contribution in [2.75, 3.05) is 6.61 Å². The van der Waals surface area contributed by atoms with E-state index in [1.54, 1.807) is 6.92 Å². The van der Waals surface area contributed by atoms with Gasteiger partial charge in [0.1, 0.15) is 23.8 Å². The van der Waals surface area contributed by atoms with Crippen LogP contribution in [0.4, 0.5) is 0 Å². The molecule has 2 aromatic carbocycles. The summed E-state index contributed by atoms with van der Waals surface area (Å²) in [5.41, 5.74) is 4.69. The van der Waals surface area contributed by atoms with Crippen LogP contribution in [0.1, 0.15) is 35.1 Å². The fraction of sp³-hybridized carbons (Fsp3) is 0.333. The molecule has 0 radical (unpaired) electrons. The highest BCUT2D eigenvalue weighted by atomic mass is 16.5. The molecule has 1 aromatic heterocycles. The Morgan fingerprint density at radius 1 is 1.13 bits per heavy atom. The van der Waals surface area contributed by atoms with Crippen LogP contribution in [0.25, 0.3) is 11.5 Å². The minimum absolute atomic E-state index is 0.288. The summed E-state index contributed by atoms with van der Waals surface area (Å²) in [6, 6.07) is 13.6. The lowest BCUT2D eigenvalue weighted by Crippen LogP contribution is -2.26. The average molecular weight is 409 g/mol. The molecule has 0 amide bonds. The van der Waals surface area contributed by atoms with Crippen LogP contribution in [0.3, 0.4) is 0 Å². The van der Waals surface area contributed by atoms with Crippen molar-refractivity contribution in [3.63, 3.8) is 0 Å². The van der Waals surface area contributed by atoms with E-state index in [4.69, 9.17) is 13.9 Å². The first-order valence-corrected chi connectivity index (χ1v) is 9.98. The smallest absolute Gasteiger partial charge is 0.333 e. The lowest BCUT2D eigenvalue weighted by Gasteiger charge is -2.15. The van der Waals surface area contributed by atoms with Crippen LogP contribution in [-0.2, 0) is 22.6 Å². The molecule has 30 heavy (non-hydrogen) atoms. The maximum atomic E-state index is 11.3. The van der Waals surface area contributed by atoms with Gasteiger partial charge < -0.3 is 19.0 Å². The molecule has 0 spiro atoms. The fourth-order valence-corrected chi connectivity index (χ4v) is 3.25. The number of hydrogen-bond donors (Lipinski definition) is 1. The van der Waals surface area contributed by atoms with Gasteiger partial charge in [-0.15, -0.1) is 0 Å². The van der Waals surface area contributed by atoms with Gasteiger partial charge in [0.05, 0.1) is 0 Å². The van der Waals surface area contributed by atoms with Gasteiger partial charge in [-0.05, 0) is 62.6 Å². The lowest BCUT2D eigenvalue weighted by atomic mass is 10.0. The van der Waals surface area contributed by atoms with Gasteiger partial charge in [0.25, 0.3) is 0 Å². The minimum atomic E-state index is -0.956. The number of ether oxygens (including phenoxy) is 2. The Balaban J connectivity index is 1.69. The largest absolute Gasteiger partial charge is 0.487 e. The molecule has 6 nitrogen and oxygen atoms in total. The van der Waals surface area contributed by atoms with Gasteiger partial charge in [0, 0.05) is 18.6 Å². The summed E-state index contributed by atoms with van der Waals surface area (Å²) in [6.07, 6.45) is -0.532. The van der Waals surface area contributed by atoms with Crippen LogP contribution in [0, 0.1) is 20.8 Å². The Bertz CT molecular complexity index is 1020. The number of carbonyl (C=O) groups is 1. The predicted octanol–water partition coefficient (Wildman–Crippen LogP) is 4.88. The quantitative estimate of drug-likeness (QED) is 0.542. The summed E-state index contributed by atoms with van der Waals surface area (Å²) in [4.78, 5) is 15.9. The first-order chi connectivity index (χ1) is 14.4. The second kappa shape index (κ2) is 9.59. The third-order valence-electron chi connectivity index (χ3n) is 5.01. The van der Waals surface area contributed by atoms with Gasteiger partial charge >= 0.3 is 5.97 Å². The first kappa shape index (κ1) is 21.6. The zero-order chi connectivity index (χ0) is 21.7. The molecule has 0 unspecified atom stereocenters. The van der Waals surface area contributed by atoms with Crippen molar-refractivity contribution in [3.05, 3.63) is 70.6 Å². The van der Waals surface area contributed by atoms with Crippen molar-refractivity contribution < 1.29 is 23.8 Å². The molecule has 0 aliphatic heterocycles. The highest BCUT2D eigenvalue weighted by molar-refractivity contribution is 5.72. The van der Waals surface area contributed by atoms with E-state index in [1.807, 2.05) is 63.2 Å². The average Bonchev–Trinajstić information content (AvgIpc) is 3.08. The van der Waals surface area contributed by atoms with Crippen LogP contribution in [0.2, 0.25) is 0 Å². The van der Waals surface area contributed by atoms with E-state index in [9.17, 15) is 9.90 Å². The van der Waals surface area contributed by atoms with Crippen LogP contribution >= 0.6 is 0 Å². The number of oxazole rings is 1. The summed E-state index contributed by atoms with van der Waals surface area (Å²) in [6.45, 7) is 8.27. The third-order valence-corrected chi connectivity index (χ3v) is 5.01. The highest BCUT2D eigenvalue weighted by Gasteiger charge is 2.19. The fourth-order valence-electron chi connectivity index (χ4n) is 3.25. The monoisotopic (exact) mass is 409 g/mol. The van der Waals surface area contributed by atoms with E-state index in [0.29, 0.717) is 24.7 Å². The molecule has 0 bridgehead atoms. The summed E-state index contributed by atoms with van der Waals surface area (Å²) in [7, 11) is 0. The van der Waals surface area contributed by atoms with Crippen molar-refractivity contribution in [2.24, 2.45) is 0 Å². The molecule has 0 saturated heterocycles. The number of aromatic nitrogens is 1. The van der Waals surface area contributed by atoms with E-state index in [2.05, 4.69) is 4.98 Å². The molecule has 0 fully saturated rings. The summed E-state index contributed by atoms with van der Waals surface area (Å²) in [5, 5.41) is 9.28. The third kappa shape index (κ3) is 5.07. The van der Waals surface area contributed by atoms with Gasteiger partial charge in [-0.3, -0.25) is 0 Å². The number of carboxylic acid groups (broad SMARTS) is 1. The van der Waals surface area contributed by atoms with Crippen LogP contribution in [0.15, 0.2) is 46.9 Å². The molecular formula is C24H27NO5. The molecule has 1 atom stereocenters. The van der Waals surface area contributed by atoms with Crippen LogP contribution in [-0.4, -0.2) is 28.8 Å². The predicted molar refractivity (Wildman–Crippen MR) is 114 cm³/mol. The van der Waals surface area contributed by atoms with Crippen LogP contribution < -0.4 is 4.74 Å². The van der Waals surface area contributed by atoms with Crippen molar-refractivity contribution in [3.8, 4) is 17.2 Å². The van der Waals surface area contributed by atoms with E-state index >= 15 is 0 Å². The number of nitrogens with zero attached hydrogens (tertiary/aromatic N) is 1. The highest BCUT2D eigenvalue weighted by Crippen LogP contribution is 2.26. The number of aliphatic carboxylic acids is 1. The Morgan fingerprint density at radius 2 is 1.90 bits per heavy atom. The molecule has 0 saturated carbocycles.